The molecule has 0 bridgehead atoms. The van der Waals surface area contributed by atoms with Crippen molar-refractivity contribution in [1.82, 2.24) is 9.55 Å². The monoisotopic (exact) mass is 280 g/mol. The van der Waals surface area contributed by atoms with Gasteiger partial charge in [0.25, 0.3) is 0 Å². The Morgan fingerprint density at radius 1 is 1.55 bits per heavy atom. The van der Waals surface area contributed by atoms with Crippen molar-refractivity contribution in [3.63, 3.8) is 0 Å². The van der Waals surface area contributed by atoms with Gasteiger partial charge in [-0.05, 0) is 37.8 Å². The van der Waals surface area contributed by atoms with Gasteiger partial charge in [-0.15, -0.1) is 0 Å². The first-order valence-electron chi connectivity index (χ1n) is 3.47. The molecule has 0 aliphatic rings. The third kappa shape index (κ3) is 2.60. The molecule has 0 fully saturated rings. The number of nitrogens with zero attached hydrogens (tertiary/aromatic N) is 2. The lowest BCUT2D eigenvalue weighted by Gasteiger charge is -2.05. The average molecular weight is 282 g/mol. The Morgan fingerprint density at radius 3 is 2.55 bits per heavy atom. The molecule has 0 saturated heterocycles. The van der Waals surface area contributed by atoms with Crippen LogP contribution in [-0.2, 0) is 6.54 Å². The highest BCUT2D eigenvalue weighted by molar-refractivity contribution is 9.11. The van der Waals surface area contributed by atoms with E-state index in [0.29, 0.717) is 5.92 Å². The van der Waals surface area contributed by atoms with E-state index >= 15 is 0 Å². The molecule has 0 N–H and O–H groups in total. The molecule has 62 valence electrons. The zero-order chi connectivity index (χ0) is 8.43. The molecule has 1 aromatic rings. The molecular weight excluding hydrogens is 272 g/mol. The molecular formula is C7H10Br2N2. The third-order valence-electron chi connectivity index (χ3n) is 1.26. The molecule has 0 amide bonds. The van der Waals surface area contributed by atoms with Crippen LogP contribution >= 0.6 is 31.9 Å². The summed E-state index contributed by atoms with van der Waals surface area (Å²) in [5.41, 5.74) is 0. The number of hydrogen-bond acceptors (Lipinski definition) is 1. The van der Waals surface area contributed by atoms with E-state index in [1.54, 1.807) is 0 Å². The van der Waals surface area contributed by atoms with Gasteiger partial charge in [0, 0.05) is 12.7 Å². The Kier molecular flexibility index (Phi) is 3.13. The highest BCUT2D eigenvalue weighted by Crippen LogP contribution is 2.16. The molecule has 0 atom stereocenters. The Morgan fingerprint density at radius 2 is 2.18 bits per heavy atom. The highest BCUT2D eigenvalue weighted by atomic mass is 79.9. The fourth-order valence-electron chi connectivity index (χ4n) is 0.885. The standard InChI is InChI=1S/C7H10Br2N2/c1-5(2)3-11-4-6(8)10-7(11)9/h4-5H,3H2,1-2H3. The normalized spacial score (nSPS) is 11.0. The minimum atomic E-state index is 0.646. The number of aromatic nitrogens is 2. The van der Waals surface area contributed by atoms with Gasteiger partial charge in [0.2, 0.25) is 0 Å². The largest absolute Gasteiger partial charge is 0.324 e. The van der Waals surface area contributed by atoms with E-state index in [2.05, 4.69) is 55.3 Å². The van der Waals surface area contributed by atoms with Gasteiger partial charge in [-0.1, -0.05) is 13.8 Å². The Hall–Kier alpha value is 0.170. The van der Waals surface area contributed by atoms with Crippen molar-refractivity contribution in [2.75, 3.05) is 0 Å². The molecule has 1 aromatic heterocycles. The predicted molar refractivity (Wildman–Crippen MR) is 52.5 cm³/mol. The van der Waals surface area contributed by atoms with Gasteiger partial charge in [0.15, 0.2) is 4.73 Å². The second kappa shape index (κ2) is 3.72. The predicted octanol–water partition coefficient (Wildman–Crippen LogP) is 3.06. The number of halogens is 2. The second-order valence-electron chi connectivity index (χ2n) is 2.88. The fourth-order valence-corrected chi connectivity index (χ4v) is 1.98. The van der Waals surface area contributed by atoms with Crippen molar-refractivity contribution in [3.8, 4) is 0 Å². The summed E-state index contributed by atoms with van der Waals surface area (Å²) in [4.78, 5) is 4.16. The summed E-state index contributed by atoms with van der Waals surface area (Å²) in [6.45, 7) is 5.36. The zero-order valence-electron chi connectivity index (χ0n) is 6.51. The second-order valence-corrected chi connectivity index (χ2v) is 4.40. The van der Waals surface area contributed by atoms with E-state index < -0.39 is 0 Å². The summed E-state index contributed by atoms with van der Waals surface area (Å²) in [6.07, 6.45) is 1.98. The Balaban J connectivity index is 2.77. The van der Waals surface area contributed by atoms with Gasteiger partial charge in [0.1, 0.15) is 4.60 Å². The maximum atomic E-state index is 4.16. The van der Waals surface area contributed by atoms with Crippen molar-refractivity contribution in [2.24, 2.45) is 5.92 Å². The van der Waals surface area contributed by atoms with E-state index in [1.807, 2.05) is 6.20 Å². The van der Waals surface area contributed by atoms with Gasteiger partial charge in [-0.25, -0.2) is 4.98 Å². The maximum absolute atomic E-state index is 4.16. The van der Waals surface area contributed by atoms with Crippen LogP contribution in [0.3, 0.4) is 0 Å². The molecule has 0 aromatic carbocycles. The van der Waals surface area contributed by atoms with Crippen LogP contribution in [0.15, 0.2) is 15.5 Å². The van der Waals surface area contributed by atoms with Crippen molar-refractivity contribution in [3.05, 3.63) is 15.5 Å². The molecule has 1 heterocycles. The molecule has 0 aliphatic heterocycles. The van der Waals surface area contributed by atoms with E-state index in [9.17, 15) is 0 Å². The maximum Gasteiger partial charge on any atom is 0.178 e. The quantitative estimate of drug-likeness (QED) is 0.815. The van der Waals surface area contributed by atoms with Gasteiger partial charge >= 0.3 is 0 Å². The van der Waals surface area contributed by atoms with Gasteiger partial charge in [0.05, 0.1) is 0 Å². The lowest BCUT2D eigenvalue weighted by atomic mass is 10.2. The van der Waals surface area contributed by atoms with Crippen LogP contribution in [0.5, 0.6) is 0 Å². The molecule has 2 nitrogen and oxygen atoms in total. The lowest BCUT2D eigenvalue weighted by Crippen LogP contribution is -2.02. The van der Waals surface area contributed by atoms with Crippen LogP contribution in [0.25, 0.3) is 0 Å². The first-order chi connectivity index (χ1) is 5.09. The van der Waals surface area contributed by atoms with Gasteiger partial charge in [-0.3, -0.25) is 0 Å². The van der Waals surface area contributed by atoms with Crippen LogP contribution in [0, 0.1) is 5.92 Å². The summed E-state index contributed by atoms with van der Waals surface area (Å²) in [5, 5.41) is 0. The van der Waals surface area contributed by atoms with Crippen LogP contribution in [-0.4, -0.2) is 9.55 Å². The number of hydrogen-bond donors (Lipinski definition) is 0. The van der Waals surface area contributed by atoms with Crippen molar-refractivity contribution >= 4 is 31.9 Å². The van der Waals surface area contributed by atoms with E-state index in [1.165, 1.54) is 0 Å². The molecule has 11 heavy (non-hydrogen) atoms. The van der Waals surface area contributed by atoms with Crippen molar-refractivity contribution in [2.45, 2.75) is 20.4 Å². The SMILES string of the molecule is CC(C)Cn1cc(Br)nc1Br. The van der Waals surface area contributed by atoms with Crippen LogP contribution < -0.4 is 0 Å². The summed E-state index contributed by atoms with van der Waals surface area (Å²) >= 11 is 6.68. The van der Waals surface area contributed by atoms with Gasteiger partial charge < -0.3 is 4.57 Å². The molecule has 0 unspecified atom stereocenters. The average Bonchev–Trinajstić information content (AvgIpc) is 2.09. The third-order valence-corrected chi connectivity index (χ3v) is 2.28. The summed E-state index contributed by atoms with van der Waals surface area (Å²) in [7, 11) is 0. The Bertz CT molecular complexity index is 243. The van der Waals surface area contributed by atoms with E-state index in [4.69, 9.17) is 0 Å². The first-order valence-corrected chi connectivity index (χ1v) is 5.06. The smallest absolute Gasteiger partial charge is 0.178 e. The Labute approximate surface area is 83.3 Å². The topological polar surface area (TPSA) is 17.8 Å². The van der Waals surface area contributed by atoms with E-state index in [-0.39, 0.29) is 0 Å². The highest BCUT2D eigenvalue weighted by Gasteiger charge is 2.03. The van der Waals surface area contributed by atoms with Gasteiger partial charge in [-0.2, -0.15) is 0 Å². The van der Waals surface area contributed by atoms with Crippen LogP contribution in [0.2, 0.25) is 0 Å². The molecule has 0 saturated carbocycles. The van der Waals surface area contributed by atoms with Crippen LogP contribution in [0.4, 0.5) is 0 Å². The summed E-state index contributed by atoms with van der Waals surface area (Å²) in [6, 6.07) is 0. The lowest BCUT2D eigenvalue weighted by molar-refractivity contribution is 0.515. The van der Waals surface area contributed by atoms with Crippen molar-refractivity contribution in [1.29, 1.82) is 0 Å². The first kappa shape index (κ1) is 9.26. The molecule has 4 heteroatoms. The van der Waals surface area contributed by atoms with Crippen molar-refractivity contribution < 1.29 is 0 Å². The fraction of sp³-hybridized carbons (Fsp3) is 0.571. The molecule has 1 rings (SSSR count). The zero-order valence-corrected chi connectivity index (χ0v) is 9.68. The summed E-state index contributed by atoms with van der Waals surface area (Å²) < 4.78 is 3.84. The minimum Gasteiger partial charge on any atom is -0.324 e. The number of rotatable bonds is 2. The molecule has 0 radical (unpaired) electrons. The van der Waals surface area contributed by atoms with Crippen LogP contribution in [0.1, 0.15) is 13.8 Å². The summed E-state index contributed by atoms with van der Waals surface area (Å²) in [5.74, 6) is 0.646. The van der Waals surface area contributed by atoms with E-state index in [0.717, 1.165) is 15.9 Å². The number of imidazole rings is 1. The molecule has 0 aliphatic carbocycles. The molecule has 0 spiro atoms. The minimum absolute atomic E-state index is 0.646.